The zero-order chi connectivity index (χ0) is 13.5. The first-order valence-corrected chi connectivity index (χ1v) is 5.50. The third kappa shape index (κ3) is 3.80. The molecule has 0 bridgehead atoms. The Labute approximate surface area is 105 Å². The quantitative estimate of drug-likeness (QED) is 0.472. The molecule has 0 unspecified atom stereocenters. The second kappa shape index (κ2) is 7.10. The van der Waals surface area contributed by atoms with Crippen LogP contribution in [0.5, 0.6) is 0 Å². The molecule has 0 radical (unpaired) electrons. The van der Waals surface area contributed by atoms with Crippen molar-refractivity contribution in [1.29, 1.82) is 0 Å². The van der Waals surface area contributed by atoms with Gasteiger partial charge in [-0.05, 0) is 0 Å². The Morgan fingerprint density at radius 2 is 1.94 bits per heavy atom. The maximum atomic E-state index is 11.7. The average Bonchev–Trinajstić information content (AvgIpc) is 2.38. The molecule has 0 fully saturated rings. The number of hydrogen-bond acceptors (Lipinski definition) is 5. The second-order valence-corrected chi connectivity index (χ2v) is 3.67. The van der Waals surface area contributed by atoms with E-state index < -0.39 is 6.29 Å². The van der Waals surface area contributed by atoms with Crippen molar-refractivity contribution >= 4 is 0 Å². The summed E-state index contributed by atoms with van der Waals surface area (Å²) in [6.45, 7) is 0.684. The Hall–Kier alpha value is -1.44. The van der Waals surface area contributed by atoms with Gasteiger partial charge in [0.05, 0.1) is 19.8 Å². The van der Waals surface area contributed by atoms with Crippen molar-refractivity contribution in [2.75, 3.05) is 27.4 Å². The van der Waals surface area contributed by atoms with Gasteiger partial charge in [-0.3, -0.25) is 9.36 Å². The molecule has 0 aromatic carbocycles. The normalized spacial score (nSPS) is 11.1. The maximum Gasteiger partial charge on any atom is 0.330 e. The lowest BCUT2D eigenvalue weighted by Gasteiger charge is -2.13. The summed E-state index contributed by atoms with van der Waals surface area (Å²) in [5, 5.41) is 0. The molecule has 0 saturated carbocycles. The molecule has 7 nitrogen and oxygen atoms in total. The largest absolute Gasteiger partial charge is 0.374 e. The molecule has 0 spiro atoms. The van der Waals surface area contributed by atoms with Crippen molar-refractivity contribution in [1.82, 2.24) is 9.13 Å². The van der Waals surface area contributed by atoms with Crippen LogP contribution in [-0.2, 0) is 27.8 Å². The van der Waals surface area contributed by atoms with Crippen molar-refractivity contribution in [3.8, 4) is 0 Å². The molecule has 102 valence electrons. The third-order valence-corrected chi connectivity index (χ3v) is 2.48. The van der Waals surface area contributed by atoms with Crippen LogP contribution in [0.3, 0.4) is 0 Å². The first-order valence-electron chi connectivity index (χ1n) is 5.50. The first kappa shape index (κ1) is 14.6. The highest BCUT2D eigenvalue weighted by Crippen LogP contribution is 1.91. The van der Waals surface area contributed by atoms with Gasteiger partial charge in [-0.25, -0.2) is 4.79 Å². The fraction of sp³-hybridized carbons (Fsp3) is 0.636. The number of ether oxygens (including phenoxy) is 3. The van der Waals surface area contributed by atoms with Gasteiger partial charge in [-0.2, -0.15) is 0 Å². The van der Waals surface area contributed by atoms with Crippen molar-refractivity contribution < 1.29 is 14.2 Å². The minimum absolute atomic E-state index is 0.201. The van der Waals surface area contributed by atoms with Crippen LogP contribution in [0.4, 0.5) is 0 Å². The molecule has 1 heterocycles. The summed E-state index contributed by atoms with van der Waals surface area (Å²) in [7, 11) is 4.61. The van der Waals surface area contributed by atoms with Gasteiger partial charge in [0.25, 0.3) is 5.56 Å². The van der Waals surface area contributed by atoms with E-state index in [4.69, 9.17) is 14.2 Å². The van der Waals surface area contributed by atoms with E-state index in [0.717, 1.165) is 4.57 Å². The number of rotatable bonds is 7. The van der Waals surface area contributed by atoms with Gasteiger partial charge in [0.15, 0.2) is 6.29 Å². The highest BCUT2D eigenvalue weighted by Gasteiger charge is 2.06. The zero-order valence-electron chi connectivity index (χ0n) is 10.8. The van der Waals surface area contributed by atoms with Crippen LogP contribution in [0.1, 0.15) is 0 Å². The molecule has 0 amide bonds. The Morgan fingerprint density at radius 3 is 2.56 bits per heavy atom. The average molecular weight is 258 g/mol. The van der Waals surface area contributed by atoms with E-state index in [-0.39, 0.29) is 31.0 Å². The Morgan fingerprint density at radius 1 is 1.28 bits per heavy atom. The van der Waals surface area contributed by atoms with E-state index in [1.165, 1.54) is 31.0 Å². The predicted molar refractivity (Wildman–Crippen MR) is 64.6 cm³/mol. The highest BCUT2D eigenvalue weighted by molar-refractivity contribution is 4.85. The van der Waals surface area contributed by atoms with Crippen molar-refractivity contribution in [2.24, 2.45) is 7.05 Å². The molecule has 0 saturated heterocycles. The number of aryl methyl sites for hydroxylation is 1. The molecular weight excluding hydrogens is 240 g/mol. The van der Waals surface area contributed by atoms with Gasteiger partial charge in [-0.1, -0.05) is 0 Å². The summed E-state index contributed by atoms with van der Waals surface area (Å²) in [6.07, 6.45) is 0.994. The standard InChI is InChI=1S/C11H18N2O5/c1-12-5-4-9(14)13(11(12)15)6-7-18-8-10(16-2)17-3/h4-5,10H,6-8H2,1-3H3. The van der Waals surface area contributed by atoms with Gasteiger partial charge >= 0.3 is 5.69 Å². The van der Waals surface area contributed by atoms with Gasteiger partial charge in [-0.15, -0.1) is 0 Å². The third-order valence-electron chi connectivity index (χ3n) is 2.48. The Bertz CT molecular complexity index is 475. The zero-order valence-corrected chi connectivity index (χ0v) is 10.8. The van der Waals surface area contributed by atoms with Crippen LogP contribution in [0.2, 0.25) is 0 Å². The van der Waals surface area contributed by atoms with E-state index in [1.54, 1.807) is 7.05 Å². The smallest absolute Gasteiger partial charge is 0.330 e. The molecule has 7 heteroatoms. The summed E-state index contributed by atoms with van der Waals surface area (Å²) in [4.78, 5) is 23.1. The lowest BCUT2D eigenvalue weighted by Crippen LogP contribution is -2.39. The predicted octanol–water partition coefficient (Wildman–Crippen LogP) is -0.817. The molecule has 0 N–H and O–H groups in total. The summed E-state index contributed by atoms with van der Waals surface area (Å²) in [6, 6.07) is 1.34. The van der Waals surface area contributed by atoms with Crippen LogP contribution in [-0.4, -0.2) is 42.9 Å². The number of methoxy groups -OCH3 is 2. The molecule has 0 aliphatic carbocycles. The second-order valence-electron chi connectivity index (χ2n) is 3.67. The van der Waals surface area contributed by atoms with E-state index in [9.17, 15) is 9.59 Å². The van der Waals surface area contributed by atoms with Crippen molar-refractivity contribution in [2.45, 2.75) is 12.8 Å². The van der Waals surface area contributed by atoms with Crippen molar-refractivity contribution in [3.05, 3.63) is 33.1 Å². The molecule has 0 aliphatic heterocycles. The number of hydrogen-bond donors (Lipinski definition) is 0. The Kier molecular flexibility index (Phi) is 5.76. The summed E-state index contributed by atoms with van der Waals surface area (Å²) in [5.41, 5.74) is -0.696. The van der Waals surface area contributed by atoms with Crippen LogP contribution in [0.25, 0.3) is 0 Å². The van der Waals surface area contributed by atoms with Crippen LogP contribution < -0.4 is 11.2 Å². The molecule has 1 rings (SSSR count). The maximum absolute atomic E-state index is 11.7. The molecule has 18 heavy (non-hydrogen) atoms. The molecule has 1 aromatic heterocycles. The van der Waals surface area contributed by atoms with Gasteiger partial charge in [0.2, 0.25) is 0 Å². The number of aromatic nitrogens is 2. The van der Waals surface area contributed by atoms with E-state index in [2.05, 4.69) is 0 Å². The van der Waals surface area contributed by atoms with Crippen LogP contribution >= 0.6 is 0 Å². The molecule has 0 aliphatic rings. The fourth-order valence-corrected chi connectivity index (χ4v) is 1.39. The minimum atomic E-state index is -0.444. The lowest BCUT2D eigenvalue weighted by atomic mass is 10.5. The number of nitrogens with zero attached hydrogens (tertiary/aromatic N) is 2. The molecule has 1 aromatic rings. The van der Waals surface area contributed by atoms with Gasteiger partial charge in [0, 0.05) is 33.5 Å². The SMILES string of the molecule is COC(COCCn1c(=O)ccn(C)c1=O)OC. The van der Waals surface area contributed by atoms with E-state index in [0.29, 0.717) is 0 Å². The summed E-state index contributed by atoms with van der Waals surface area (Å²) >= 11 is 0. The fourth-order valence-electron chi connectivity index (χ4n) is 1.39. The van der Waals surface area contributed by atoms with E-state index >= 15 is 0 Å². The first-order chi connectivity index (χ1) is 8.60. The van der Waals surface area contributed by atoms with Gasteiger partial charge < -0.3 is 18.8 Å². The molecular formula is C11H18N2O5. The summed E-state index contributed by atoms with van der Waals surface area (Å²) < 4.78 is 17.6. The highest BCUT2D eigenvalue weighted by atomic mass is 16.7. The van der Waals surface area contributed by atoms with Gasteiger partial charge in [0.1, 0.15) is 0 Å². The lowest BCUT2D eigenvalue weighted by molar-refractivity contribution is -0.140. The van der Waals surface area contributed by atoms with Crippen LogP contribution in [0, 0.1) is 0 Å². The van der Waals surface area contributed by atoms with Crippen molar-refractivity contribution in [3.63, 3.8) is 0 Å². The monoisotopic (exact) mass is 258 g/mol. The Balaban J connectivity index is 2.52. The van der Waals surface area contributed by atoms with E-state index in [1.807, 2.05) is 0 Å². The topological polar surface area (TPSA) is 71.7 Å². The summed E-state index contributed by atoms with van der Waals surface area (Å²) in [5.74, 6) is 0. The molecule has 0 atom stereocenters. The minimum Gasteiger partial charge on any atom is -0.374 e. The van der Waals surface area contributed by atoms with Crippen LogP contribution in [0.15, 0.2) is 21.9 Å².